The van der Waals surface area contributed by atoms with Crippen LogP contribution in [0.15, 0.2) is 30.3 Å². The topological polar surface area (TPSA) is 82.1 Å². The van der Waals surface area contributed by atoms with Crippen LogP contribution in [-0.4, -0.2) is 56.3 Å². The van der Waals surface area contributed by atoms with Gasteiger partial charge in [-0.15, -0.1) is 5.54 Å². The van der Waals surface area contributed by atoms with Crippen LogP contribution < -0.4 is 0 Å². The number of hydrogen-bond acceptors (Lipinski definition) is 6. The number of imide groups is 1. The number of carbonyl (C=O) groups is 3. The third kappa shape index (κ3) is 9.24. The van der Waals surface area contributed by atoms with Crippen LogP contribution in [0.4, 0.5) is 4.79 Å². The maximum Gasteiger partial charge on any atom is 0.418 e. The van der Waals surface area contributed by atoms with E-state index in [9.17, 15) is 14.4 Å². The van der Waals surface area contributed by atoms with Gasteiger partial charge in [0.05, 0.1) is 13.0 Å². The Labute approximate surface area is 192 Å². The minimum atomic E-state index is -1.89. The molecule has 2 amide bonds. The maximum atomic E-state index is 13.6. The van der Waals surface area contributed by atoms with Gasteiger partial charge in [0.1, 0.15) is 19.7 Å². The minimum Gasteiger partial charge on any atom is -0.466 e. The largest absolute Gasteiger partial charge is 0.466 e. The Morgan fingerprint density at radius 2 is 1.69 bits per heavy atom. The molecule has 8 heteroatoms. The third-order valence-electron chi connectivity index (χ3n) is 3.98. The van der Waals surface area contributed by atoms with Gasteiger partial charge in [0, 0.05) is 7.11 Å². The van der Waals surface area contributed by atoms with Crippen molar-refractivity contribution >= 4 is 26.0 Å². The number of methoxy groups -OCH3 is 1. The lowest BCUT2D eigenvalue weighted by molar-refractivity contribution is -0.147. The number of ether oxygens (including phenoxy) is 3. The third-order valence-corrected chi connectivity index (χ3v) is 4.88. The SMILES string of the molecule is CCOC(=O)C[C@@H](C#C[Si](C)(C)C)N(C(=O)OC(C)(C)C)C(=O)[C@H](OC)c1ccccc1. The molecule has 1 rings (SSSR count). The molecule has 0 unspecified atom stereocenters. The van der Waals surface area contributed by atoms with Crippen LogP contribution in [0.3, 0.4) is 0 Å². The molecule has 7 nitrogen and oxygen atoms in total. The molecular weight excluding hydrogens is 426 g/mol. The van der Waals surface area contributed by atoms with E-state index in [0.717, 1.165) is 4.90 Å². The second-order valence-corrected chi connectivity index (χ2v) is 14.0. The van der Waals surface area contributed by atoms with Gasteiger partial charge < -0.3 is 14.2 Å². The number of carbonyl (C=O) groups excluding carboxylic acids is 3. The molecule has 176 valence electrons. The predicted molar refractivity (Wildman–Crippen MR) is 125 cm³/mol. The van der Waals surface area contributed by atoms with Crippen molar-refractivity contribution in [3.63, 3.8) is 0 Å². The van der Waals surface area contributed by atoms with Gasteiger partial charge in [-0.25, -0.2) is 9.69 Å². The summed E-state index contributed by atoms with van der Waals surface area (Å²) in [6.07, 6.45) is -2.22. The van der Waals surface area contributed by atoms with Crippen LogP contribution in [0.1, 0.15) is 45.8 Å². The fourth-order valence-electron chi connectivity index (χ4n) is 2.70. The highest BCUT2D eigenvalue weighted by molar-refractivity contribution is 6.83. The molecule has 0 spiro atoms. The molecule has 2 atom stereocenters. The summed E-state index contributed by atoms with van der Waals surface area (Å²) < 4.78 is 16.0. The quantitative estimate of drug-likeness (QED) is 0.341. The zero-order valence-electron chi connectivity index (χ0n) is 20.4. The Morgan fingerprint density at radius 3 is 2.16 bits per heavy atom. The first-order chi connectivity index (χ1) is 14.8. The minimum absolute atomic E-state index is 0.179. The summed E-state index contributed by atoms with van der Waals surface area (Å²) in [6.45, 7) is 13.1. The zero-order chi connectivity index (χ0) is 24.5. The Bertz CT molecular complexity index is 845. The van der Waals surface area contributed by atoms with Crippen molar-refractivity contribution in [2.45, 2.75) is 71.5 Å². The Balaban J connectivity index is 3.52. The highest BCUT2D eigenvalue weighted by Crippen LogP contribution is 2.24. The summed E-state index contributed by atoms with van der Waals surface area (Å²) in [7, 11) is -0.500. The molecule has 1 aromatic rings. The monoisotopic (exact) mass is 461 g/mol. The summed E-state index contributed by atoms with van der Waals surface area (Å²) >= 11 is 0. The normalized spacial score (nSPS) is 13.2. The predicted octanol–water partition coefficient (Wildman–Crippen LogP) is 4.34. The van der Waals surface area contributed by atoms with Crippen LogP contribution in [-0.2, 0) is 23.8 Å². The Morgan fingerprint density at radius 1 is 1.09 bits per heavy atom. The van der Waals surface area contributed by atoms with Crippen molar-refractivity contribution in [1.29, 1.82) is 0 Å². The van der Waals surface area contributed by atoms with Crippen molar-refractivity contribution in [2.75, 3.05) is 13.7 Å². The highest BCUT2D eigenvalue weighted by atomic mass is 28.3. The molecule has 0 aliphatic heterocycles. The molecule has 0 saturated heterocycles. The van der Waals surface area contributed by atoms with Crippen molar-refractivity contribution in [3.8, 4) is 11.5 Å². The first-order valence-electron chi connectivity index (χ1n) is 10.6. The molecule has 0 heterocycles. The molecule has 0 aliphatic rings. The van der Waals surface area contributed by atoms with E-state index in [1.54, 1.807) is 52.0 Å². The maximum absolute atomic E-state index is 13.6. The Hall–Kier alpha value is -2.63. The zero-order valence-corrected chi connectivity index (χ0v) is 21.4. The Kier molecular flexibility index (Phi) is 10.1. The lowest BCUT2D eigenvalue weighted by atomic mass is 10.1. The standard InChI is InChI=1S/C24H35NO6Si/c1-9-30-20(26)17-19(15-16-32(6,7)8)25(23(28)31-24(2,3)4)22(27)21(29-5)18-13-11-10-12-14-18/h10-14,19,21H,9,17H2,1-8H3/t19-,21-/m1/s1. The number of esters is 1. The lowest BCUT2D eigenvalue weighted by Crippen LogP contribution is -2.49. The molecule has 0 aliphatic carbocycles. The van der Waals surface area contributed by atoms with E-state index in [0.29, 0.717) is 5.56 Å². The molecule has 32 heavy (non-hydrogen) atoms. The van der Waals surface area contributed by atoms with Gasteiger partial charge in [0.2, 0.25) is 0 Å². The number of nitrogens with zero attached hydrogens (tertiary/aromatic N) is 1. The van der Waals surface area contributed by atoms with E-state index >= 15 is 0 Å². The van der Waals surface area contributed by atoms with Gasteiger partial charge in [0.25, 0.3) is 5.91 Å². The van der Waals surface area contributed by atoms with E-state index in [1.807, 2.05) is 25.7 Å². The summed E-state index contributed by atoms with van der Waals surface area (Å²) in [5.41, 5.74) is 2.87. The number of amides is 2. The summed E-state index contributed by atoms with van der Waals surface area (Å²) in [5, 5.41) is 0. The van der Waals surface area contributed by atoms with Crippen LogP contribution in [0, 0.1) is 11.5 Å². The van der Waals surface area contributed by atoms with E-state index in [2.05, 4.69) is 11.5 Å². The van der Waals surface area contributed by atoms with Crippen molar-refractivity contribution in [2.24, 2.45) is 0 Å². The molecule has 1 aromatic carbocycles. The first kappa shape index (κ1) is 27.4. The van der Waals surface area contributed by atoms with Gasteiger partial charge in [-0.2, -0.15) is 0 Å². The second-order valence-electron chi connectivity index (χ2n) is 9.26. The molecule has 0 bridgehead atoms. The summed E-state index contributed by atoms with van der Waals surface area (Å²) in [5.74, 6) is 1.77. The summed E-state index contributed by atoms with van der Waals surface area (Å²) in [4.78, 5) is 40.0. The number of benzene rings is 1. The number of hydrogen-bond donors (Lipinski definition) is 0. The first-order valence-corrected chi connectivity index (χ1v) is 14.1. The van der Waals surface area contributed by atoms with Crippen molar-refractivity contribution in [1.82, 2.24) is 4.90 Å². The van der Waals surface area contributed by atoms with E-state index < -0.39 is 43.8 Å². The van der Waals surface area contributed by atoms with Crippen LogP contribution >= 0.6 is 0 Å². The van der Waals surface area contributed by atoms with Crippen LogP contribution in [0.2, 0.25) is 19.6 Å². The fourth-order valence-corrected chi connectivity index (χ4v) is 3.30. The lowest BCUT2D eigenvalue weighted by Gasteiger charge is -2.31. The molecule has 0 aromatic heterocycles. The molecular formula is C24H35NO6Si. The fraction of sp³-hybridized carbons (Fsp3) is 0.542. The van der Waals surface area contributed by atoms with Gasteiger partial charge in [-0.05, 0) is 33.3 Å². The van der Waals surface area contributed by atoms with E-state index in [-0.39, 0.29) is 13.0 Å². The van der Waals surface area contributed by atoms with Gasteiger partial charge in [-0.1, -0.05) is 55.9 Å². The average Bonchev–Trinajstić information content (AvgIpc) is 2.65. The van der Waals surface area contributed by atoms with Gasteiger partial charge in [0.15, 0.2) is 6.10 Å². The van der Waals surface area contributed by atoms with E-state index in [1.165, 1.54) is 7.11 Å². The van der Waals surface area contributed by atoms with Crippen LogP contribution in [0.25, 0.3) is 0 Å². The molecule has 0 fully saturated rings. The average molecular weight is 462 g/mol. The van der Waals surface area contributed by atoms with Crippen molar-refractivity contribution in [3.05, 3.63) is 35.9 Å². The smallest absolute Gasteiger partial charge is 0.418 e. The van der Waals surface area contributed by atoms with Crippen LogP contribution in [0.5, 0.6) is 0 Å². The second kappa shape index (κ2) is 11.8. The highest BCUT2D eigenvalue weighted by Gasteiger charge is 2.38. The van der Waals surface area contributed by atoms with Gasteiger partial charge in [-0.3, -0.25) is 9.59 Å². The molecule has 0 saturated carbocycles. The molecule has 0 N–H and O–H groups in total. The molecule has 0 radical (unpaired) electrons. The number of rotatable bonds is 7. The summed E-state index contributed by atoms with van der Waals surface area (Å²) in [6, 6.07) is 7.77. The van der Waals surface area contributed by atoms with E-state index in [4.69, 9.17) is 14.2 Å². The van der Waals surface area contributed by atoms with Gasteiger partial charge >= 0.3 is 12.1 Å². The van der Waals surface area contributed by atoms with Crippen molar-refractivity contribution < 1.29 is 28.6 Å².